The Labute approximate surface area is 192 Å². The van der Waals surface area contributed by atoms with Gasteiger partial charge in [-0.15, -0.1) is 0 Å². The molecule has 0 unspecified atom stereocenters. The van der Waals surface area contributed by atoms with Gasteiger partial charge in [0.05, 0.1) is 0 Å². The molecular weight excluding hydrogens is 401 g/mol. The van der Waals surface area contributed by atoms with Crippen molar-refractivity contribution in [3.63, 3.8) is 0 Å². The van der Waals surface area contributed by atoms with Crippen LogP contribution in [0.2, 0.25) is 0 Å². The number of piperidine rings is 2. The topological polar surface area (TPSA) is 26.8 Å². The van der Waals surface area contributed by atoms with E-state index in [2.05, 4.69) is 36.9 Å². The molecule has 2 aliphatic rings. The highest BCUT2D eigenvalue weighted by Gasteiger charge is 2.26. The van der Waals surface area contributed by atoms with E-state index in [1.807, 2.05) is 18.0 Å². The summed E-state index contributed by atoms with van der Waals surface area (Å²) in [5.41, 5.74) is 4.57. The number of anilines is 1. The third kappa shape index (κ3) is 5.32. The second-order valence-electron chi connectivity index (χ2n) is 9.75. The molecule has 2 heterocycles. The lowest BCUT2D eigenvalue weighted by atomic mass is 9.89. The third-order valence-electron chi connectivity index (χ3n) is 7.22. The number of nitrogens with zero attached hydrogens (tertiary/aromatic N) is 3. The van der Waals surface area contributed by atoms with Crippen LogP contribution in [0.3, 0.4) is 0 Å². The predicted molar refractivity (Wildman–Crippen MR) is 129 cm³/mol. The number of amides is 2. The van der Waals surface area contributed by atoms with Crippen LogP contribution < -0.4 is 4.90 Å². The fourth-order valence-corrected chi connectivity index (χ4v) is 5.22. The Morgan fingerprint density at radius 1 is 1.09 bits per heavy atom. The lowest BCUT2D eigenvalue weighted by Gasteiger charge is -2.35. The molecule has 2 aromatic rings. The summed E-state index contributed by atoms with van der Waals surface area (Å²) in [6.45, 7) is 9.23. The van der Waals surface area contributed by atoms with Gasteiger partial charge in [0, 0.05) is 38.9 Å². The Kier molecular flexibility index (Phi) is 7.14. The van der Waals surface area contributed by atoms with Gasteiger partial charge in [-0.05, 0) is 91.9 Å². The van der Waals surface area contributed by atoms with Crippen LogP contribution in [-0.2, 0) is 6.54 Å². The van der Waals surface area contributed by atoms with E-state index in [0.29, 0.717) is 19.0 Å². The molecule has 2 amide bonds. The van der Waals surface area contributed by atoms with Crippen molar-refractivity contribution in [2.24, 2.45) is 5.92 Å². The normalized spacial score (nSPS) is 20.4. The maximum atomic E-state index is 13.6. The van der Waals surface area contributed by atoms with Gasteiger partial charge in [0.1, 0.15) is 5.82 Å². The first kappa shape index (κ1) is 22.8. The average Bonchev–Trinajstić information content (AvgIpc) is 2.79. The van der Waals surface area contributed by atoms with E-state index < -0.39 is 0 Å². The number of rotatable bonds is 4. The molecule has 2 aromatic carbocycles. The minimum atomic E-state index is -0.186. The largest absolute Gasteiger partial charge is 0.324 e. The number of urea groups is 1. The molecule has 0 aromatic heterocycles. The second kappa shape index (κ2) is 10.0. The van der Waals surface area contributed by atoms with Crippen molar-refractivity contribution >= 4 is 11.7 Å². The van der Waals surface area contributed by atoms with Crippen molar-refractivity contribution in [1.29, 1.82) is 0 Å². The first-order valence-electron chi connectivity index (χ1n) is 12.0. The standard InChI is InChI=1S/C27H36FN3O/c1-20-6-5-13-30(18-20)19-24-9-10-26(16-21(24)2)29(3)27(32)31-14-11-22(12-15-31)23-7-4-8-25(28)17-23/h4,7-10,16-17,20,22H,5-6,11-15,18-19H2,1-3H3/t20-/m1/s1. The van der Waals surface area contributed by atoms with E-state index in [0.717, 1.165) is 36.6 Å². The van der Waals surface area contributed by atoms with Crippen LogP contribution in [0.4, 0.5) is 14.9 Å². The summed E-state index contributed by atoms with van der Waals surface area (Å²) in [6.07, 6.45) is 4.36. The molecule has 0 saturated carbocycles. The summed E-state index contributed by atoms with van der Waals surface area (Å²) in [7, 11) is 1.86. The van der Waals surface area contributed by atoms with Gasteiger partial charge in [0.25, 0.3) is 0 Å². The van der Waals surface area contributed by atoms with Crippen LogP contribution in [0.25, 0.3) is 0 Å². The fourth-order valence-electron chi connectivity index (χ4n) is 5.22. The molecule has 4 rings (SSSR count). The highest BCUT2D eigenvalue weighted by atomic mass is 19.1. The van der Waals surface area contributed by atoms with E-state index in [1.54, 1.807) is 17.0 Å². The lowest BCUT2D eigenvalue weighted by Crippen LogP contribution is -2.45. The zero-order valence-corrected chi connectivity index (χ0v) is 19.7. The summed E-state index contributed by atoms with van der Waals surface area (Å²) < 4.78 is 13.6. The molecule has 2 fully saturated rings. The first-order valence-corrected chi connectivity index (χ1v) is 12.0. The Morgan fingerprint density at radius 2 is 1.88 bits per heavy atom. The summed E-state index contributed by atoms with van der Waals surface area (Å²) in [5, 5.41) is 0. The lowest BCUT2D eigenvalue weighted by molar-refractivity contribution is 0.176. The van der Waals surface area contributed by atoms with Crippen molar-refractivity contribution in [1.82, 2.24) is 9.80 Å². The predicted octanol–water partition coefficient (Wildman–Crippen LogP) is 5.80. The molecule has 2 aliphatic heterocycles. The molecule has 0 bridgehead atoms. The summed E-state index contributed by atoms with van der Waals surface area (Å²) >= 11 is 0. The van der Waals surface area contributed by atoms with Crippen molar-refractivity contribution in [3.05, 3.63) is 65.0 Å². The molecule has 5 heteroatoms. The van der Waals surface area contributed by atoms with Crippen molar-refractivity contribution < 1.29 is 9.18 Å². The number of aryl methyl sites for hydroxylation is 1. The Morgan fingerprint density at radius 3 is 2.56 bits per heavy atom. The quantitative estimate of drug-likeness (QED) is 0.604. The van der Waals surface area contributed by atoms with Crippen LogP contribution in [-0.4, -0.2) is 49.1 Å². The molecule has 32 heavy (non-hydrogen) atoms. The van der Waals surface area contributed by atoms with Crippen LogP contribution in [0.5, 0.6) is 0 Å². The minimum absolute atomic E-state index is 0.0414. The highest BCUT2D eigenvalue weighted by Crippen LogP contribution is 2.30. The molecular formula is C27H36FN3O. The Bertz CT molecular complexity index is 938. The maximum Gasteiger partial charge on any atom is 0.324 e. The number of benzene rings is 2. The Balaban J connectivity index is 1.35. The second-order valence-corrected chi connectivity index (χ2v) is 9.75. The highest BCUT2D eigenvalue weighted by molar-refractivity contribution is 5.91. The van der Waals surface area contributed by atoms with Crippen LogP contribution in [0, 0.1) is 18.7 Å². The van der Waals surface area contributed by atoms with Crippen LogP contribution >= 0.6 is 0 Å². The maximum absolute atomic E-state index is 13.6. The summed E-state index contributed by atoms with van der Waals surface area (Å²) in [4.78, 5) is 19.4. The molecule has 0 radical (unpaired) electrons. The number of hydrogen-bond acceptors (Lipinski definition) is 2. The first-order chi connectivity index (χ1) is 15.4. The molecule has 1 atom stereocenters. The van der Waals surface area contributed by atoms with Crippen LogP contribution in [0.1, 0.15) is 55.2 Å². The SMILES string of the molecule is Cc1cc(N(C)C(=O)N2CCC(c3cccc(F)c3)CC2)ccc1CN1CCC[C@@H](C)C1. The zero-order chi connectivity index (χ0) is 22.7. The van der Waals surface area contributed by atoms with Gasteiger partial charge < -0.3 is 4.90 Å². The number of hydrogen-bond donors (Lipinski definition) is 0. The average molecular weight is 438 g/mol. The monoisotopic (exact) mass is 437 g/mol. The summed E-state index contributed by atoms with van der Waals surface area (Å²) in [5.74, 6) is 0.908. The number of carbonyl (C=O) groups is 1. The molecule has 172 valence electrons. The van der Waals surface area contributed by atoms with Gasteiger partial charge in [0.2, 0.25) is 0 Å². The summed E-state index contributed by atoms with van der Waals surface area (Å²) in [6, 6.07) is 13.3. The third-order valence-corrected chi connectivity index (χ3v) is 7.22. The van der Waals surface area contributed by atoms with E-state index in [-0.39, 0.29) is 11.8 Å². The van der Waals surface area contributed by atoms with Crippen molar-refractivity contribution in [2.75, 3.05) is 38.1 Å². The molecule has 4 nitrogen and oxygen atoms in total. The zero-order valence-electron chi connectivity index (χ0n) is 19.7. The van der Waals surface area contributed by atoms with Gasteiger partial charge in [-0.1, -0.05) is 25.1 Å². The Hall–Kier alpha value is -2.40. The van der Waals surface area contributed by atoms with E-state index in [1.165, 1.54) is 43.1 Å². The molecule has 0 spiro atoms. The van der Waals surface area contributed by atoms with Crippen molar-refractivity contribution in [3.8, 4) is 0 Å². The van der Waals surface area contributed by atoms with E-state index >= 15 is 0 Å². The number of likely N-dealkylation sites (tertiary alicyclic amines) is 2. The molecule has 0 N–H and O–H groups in total. The van der Waals surface area contributed by atoms with Gasteiger partial charge in [-0.3, -0.25) is 9.80 Å². The minimum Gasteiger partial charge on any atom is -0.324 e. The van der Waals surface area contributed by atoms with Gasteiger partial charge >= 0.3 is 6.03 Å². The fraction of sp³-hybridized carbons (Fsp3) is 0.519. The van der Waals surface area contributed by atoms with Gasteiger partial charge in [-0.2, -0.15) is 0 Å². The van der Waals surface area contributed by atoms with E-state index in [4.69, 9.17) is 0 Å². The smallest absolute Gasteiger partial charge is 0.324 e. The molecule has 0 aliphatic carbocycles. The molecule has 2 saturated heterocycles. The van der Waals surface area contributed by atoms with Crippen molar-refractivity contribution in [2.45, 2.75) is 52.0 Å². The number of carbonyl (C=O) groups excluding carboxylic acids is 1. The van der Waals surface area contributed by atoms with E-state index in [9.17, 15) is 9.18 Å². The number of halogens is 1. The van der Waals surface area contributed by atoms with Gasteiger partial charge in [0.15, 0.2) is 0 Å². The van der Waals surface area contributed by atoms with Gasteiger partial charge in [-0.25, -0.2) is 9.18 Å². The van der Waals surface area contributed by atoms with Crippen LogP contribution in [0.15, 0.2) is 42.5 Å².